The summed E-state index contributed by atoms with van der Waals surface area (Å²) in [6.45, 7) is 13.9. The lowest BCUT2D eigenvalue weighted by atomic mass is 9.80. The van der Waals surface area contributed by atoms with Crippen LogP contribution in [0.5, 0.6) is 0 Å². The Labute approximate surface area is 116 Å². The van der Waals surface area contributed by atoms with Gasteiger partial charge in [-0.3, -0.25) is 4.99 Å². The second-order valence-corrected chi connectivity index (χ2v) is 5.13. The smallest absolute Gasteiger partial charge is 0.0753 e. The molecule has 0 saturated heterocycles. The van der Waals surface area contributed by atoms with Crippen LogP contribution in [-0.2, 0) is 0 Å². The van der Waals surface area contributed by atoms with Crippen LogP contribution in [0, 0.1) is 0 Å². The number of aliphatic imine (C=N–C) groups is 1. The summed E-state index contributed by atoms with van der Waals surface area (Å²) in [4.78, 5) is 4.77. The van der Waals surface area contributed by atoms with E-state index in [2.05, 4.69) is 50.9 Å². The summed E-state index contributed by atoms with van der Waals surface area (Å²) >= 11 is 0. The summed E-state index contributed by atoms with van der Waals surface area (Å²) in [6, 6.07) is 8.62. The molecule has 0 saturated carbocycles. The van der Waals surface area contributed by atoms with Gasteiger partial charge in [0.1, 0.15) is 0 Å². The molecule has 0 bridgehead atoms. The molecule has 0 aliphatic carbocycles. The summed E-state index contributed by atoms with van der Waals surface area (Å²) in [6.07, 6.45) is 5.88. The number of hydrogen-bond donors (Lipinski definition) is 0. The van der Waals surface area contributed by atoms with Crippen molar-refractivity contribution in [2.45, 2.75) is 31.7 Å². The van der Waals surface area contributed by atoms with Gasteiger partial charge >= 0.3 is 0 Å². The highest BCUT2D eigenvalue weighted by Gasteiger charge is 2.27. The van der Waals surface area contributed by atoms with Crippen molar-refractivity contribution < 1.29 is 0 Å². The van der Waals surface area contributed by atoms with Gasteiger partial charge in [-0.25, -0.2) is 0 Å². The number of allylic oxidation sites excluding steroid dienone is 2. The normalized spacial score (nSPS) is 21.2. The van der Waals surface area contributed by atoms with E-state index in [0.29, 0.717) is 5.92 Å². The second-order valence-electron chi connectivity index (χ2n) is 5.13. The minimum absolute atomic E-state index is 0.141. The molecule has 19 heavy (non-hydrogen) atoms. The molecular weight excluding hydrogens is 230 g/mol. The molecule has 0 amide bonds. The highest BCUT2D eigenvalue weighted by atomic mass is 14.8. The Morgan fingerprint density at radius 1 is 1.32 bits per heavy atom. The quantitative estimate of drug-likeness (QED) is 0.674. The number of hydrogen-bond acceptors (Lipinski definition) is 1. The zero-order valence-electron chi connectivity index (χ0n) is 11.6. The molecule has 1 aliphatic rings. The molecule has 2 atom stereocenters. The molecule has 0 aromatic heterocycles. The lowest BCUT2D eigenvalue weighted by molar-refractivity contribution is 0.558. The zero-order chi connectivity index (χ0) is 13.8. The number of benzene rings is 1. The monoisotopic (exact) mass is 251 g/mol. The summed E-state index contributed by atoms with van der Waals surface area (Å²) in [7, 11) is 0. The molecule has 98 valence electrons. The first-order valence-electron chi connectivity index (χ1n) is 6.74. The molecule has 2 rings (SSSR count). The summed E-state index contributed by atoms with van der Waals surface area (Å²) < 4.78 is 0. The van der Waals surface area contributed by atoms with Crippen molar-refractivity contribution >= 4 is 5.71 Å². The Hall–Kier alpha value is -1.89. The Bertz CT molecular complexity index is 536. The maximum Gasteiger partial charge on any atom is 0.0753 e. The average Bonchev–Trinajstić information content (AvgIpc) is 2.43. The SMILES string of the molecule is C=CC1=NC(C=C)C(CCC(=C)C)c2ccccc21. The second kappa shape index (κ2) is 5.83. The number of rotatable bonds is 5. The van der Waals surface area contributed by atoms with Crippen molar-refractivity contribution in [1.82, 2.24) is 0 Å². The van der Waals surface area contributed by atoms with E-state index in [9.17, 15) is 0 Å². The third-order valence-corrected chi connectivity index (χ3v) is 3.65. The van der Waals surface area contributed by atoms with Gasteiger partial charge in [-0.05, 0) is 31.4 Å². The fourth-order valence-electron chi connectivity index (χ4n) is 2.67. The van der Waals surface area contributed by atoms with Gasteiger partial charge in [-0.2, -0.15) is 0 Å². The van der Waals surface area contributed by atoms with E-state index in [1.807, 2.05) is 12.2 Å². The molecule has 0 N–H and O–H groups in total. The van der Waals surface area contributed by atoms with Crippen LogP contribution in [0.15, 0.2) is 66.7 Å². The molecule has 1 heteroatoms. The van der Waals surface area contributed by atoms with Crippen LogP contribution in [0.1, 0.15) is 36.8 Å². The minimum atomic E-state index is 0.141. The van der Waals surface area contributed by atoms with Crippen molar-refractivity contribution in [3.8, 4) is 0 Å². The molecule has 1 aliphatic heterocycles. The van der Waals surface area contributed by atoms with Gasteiger partial charge in [0.2, 0.25) is 0 Å². The van der Waals surface area contributed by atoms with E-state index < -0.39 is 0 Å². The molecule has 1 nitrogen and oxygen atoms in total. The lowest BCUT2D eigenvalue weighted by Gasteiger charge is -2.29. The summed E-state index contributed by atoms with van der Waals surface area (Å²) in [5.41, 5.74) is 4.77. The Morgan fingerprint density at radius 2 is 2.05 bits per heavy atom. The highest BCUT2D eigenvalue weighted by Crippen LogP contribution is 2.35. The summed E-state index contributed by atoms with van der Waals surface area (Å²) in [5.74, 6) is 0.397. The standard InChI is InChI=1S/C18H21N/c1-5-17-15-10-8-7-9-14(15)16(12-11-13(3)4)18(6-2)19-17/h5-10,16,18H,1-3,11-12H2,4H3. The Balaban J connectivity index is 2.42. The molecule has 1 aromatic rings. The lowest BCUT2D eigenvalue weighted by Crippen LogP contribution is -2.24. The van der Waals surface area contributed by atoms with E-state index >= 15 is 0 Å². The fraction of sp³-hybridized carbons (Fsp3) is 0.278. The van der Waals surface area contributed by atoms with E-state index in [1.165, 1.54) is 16.7 Å². The maximum absolute atomic E-state index is 4.77. The van der Waals surface area contributed by atoms with Crippen LogP contribution in [0.3, 0.4) is 0 Å². The number of nitrogens with zero attached hydrogens (tertiary/aromatic N) is 1. The van der Waals surface area contributed by atoms with Crippen LogP contribution in [0.4, 0.5) is 0 Å². The zero-order valence-corrected chi connectivity index (χ0v) is 11.6. The van der Waals surface area contributed by atoms with Crippen LogP contribution in [0.2, 0.25) is 0 Å². The van der Waals surface area contributed by atoms with Crippen LogP contribution >= 0.6 is 0 Å². The van der Waals surface area contributed by atoms with Gasteiger partial charge in [-0.1, -0.05) is 42.5 Å². The van der Waals surface area contributed by atoms with Crippen molar-refractivity contribution in [2.75, 3.05) is 0 Å². The Kier molecular flexibility index (Phi) is 4.16. The first kappa shape index (κ1) is 13.5. The summed E-state index contributed by atoms with van der Waals surface area (Å²) in [5, 5.41) is 0. The number of fused-ring (bicyclic) bond motifs is 1. The fourth-order valence-corrected chi connectivity index (χ4v) is 2.67. The van der Waals surface area contributed by atoms with Gasteiger partial charge in [0, 0.05) is 11.5 Å². The molecule has 0 fully saturated rings. The highest BCUT2D eigenvalue weighted by molar-refractivity contribution is 6.10. The molecule has 1 aromatic carbocycles. The minimum Gasteiger partial charge on any atom is -0.277 e. The first-order chi connectivity index (χ1) is 9.17. The van der Waals surface area contributed by atoms with E-state index in [4.69, 9.17) is 4.99 Å². The van der Waals surface area contributed by atoms with Crippen LogP contribution in [0.25, 0.3) is 0 Å². The van der Waals surface area contributed by atoms with Crippen molar-refractivity contribution in [3.63, 3.8) is 0 Å². The molecule has 0 spiro atoms. The van der Waals surface area contributed by atoms with Crippen molar-refractivity contribution in [3.05, 3.63) is 72.9 Å². The van der Waals surface area contributed by atoms with Gasteiger partial charge in [0.15, 0.2) is 0 Å². The third-order valence-electron chi connectivity index (χ3n) is 3.65. The van der Waals surface area contributed by atoms with Crippen molar-refractivity contribution in [1.29, 1.82) is 0 Å². The molecule has 2 unspecified atom stereocenters. The van der Waals surface area contributed by atoms with Gasteiger partial charge in [-0.15, -0.1) is 13.2 Å². The van der Waals surface area contributed by atoms with Crippen LogP contribution < -0.4 is 0 Å². The topological polar surface area (TPSA) is 12.4 Å². The van der Waals surface area contributed by atoms with Gasteiger partial charge < -0.3 is 0 Å². The largest absolute Gasteiger partial charge is 0.277 e. The molecule has 1 heterocycles. The molecule has 0 radical (unpaired) electrons. The maximum atomic E-state index is 4.77. The average molecular weight is 251 g/mol. The predicted molar refractivity (Wildman–Crippen MR) is 84.0 cm³/mol. The first-order valence-corrected chi connectivity index (χ1v) is 6.74. The third kappa shape index (κ3) is 2.76. The van der Waals surface area contributed by atoms with E-state index in [1.54, 1.807) is 0 Å². The predicted octanol–water partition coefficient (Wildman–Crippen LogP) is 4.67. The molecular formula is C18H21N. The van der Waals surface area contributed by atoms with E-state index in [0.717, 1.165) is 18.6 Å². The van der Waals surface area contributed by atoms with E-state index in [-0.39, 0.29) is 6.04 Å². The van der Waals surface area contributed by atoms with Gasteiger partial charge in [0.05, 0.1) is 11.8 Å². The van der Waals surface area contributed by atoms with Gasteiger partial charge in [0.25, 0.3) is 0 Å². The van der Waals surface area contributed by atoms with Crippen molar-refractivity contribution in [2.24, 2.45) is 4.99 Å². The van der Waals surface area contributed by atoms with Crippen LogP contribution in [-0.4, -0.2) is 11.8 Å². The Morgan fingerprint density at radius 3 is 2.68 bits per heavy atom.